The molecule has 50 valence electrons. The van der Waals surface area contributed by atoms with E-state index in [0.29, 0.717) is 0 Å². The first-order valence-electron chi connectivity index (χ1n) is 3.65. The van der Waals surface area contributed by atoms with Crippen molar-refractivity contribution in [1.29, 1.82) is 0 Å². The molecule has 9 heavy (non-hydrogen) atoms. The predicted octanol–water partition coefficient (Wildman–Crippen LogP) is 0.757. The maximum Gasteiger partial charge on any atom is 0.114 e. The van der Waals surface area contributed by atoms with Gasteiger partial charge in [-0.15, -0.1) is 0 Å². The molecular formula is C7H13N2+. The second-order valence-electron chi connectivity index (χ2n) is 3.14. The maximum atomic E-state index is 6.02. The van der Waals surface area contributed by atoms with Gasteiger partial charge in [0.15, 0.2) is 0 Å². The van der Waals surface area contributed by atoms with Crippen molar-refractivity contribution in [2.24, 2.45) is 5.84 Å². The van der Waals surface area contributed by atoms with Crippen LogP contribution in [0.25, 0.3) is 0 Å². The topological polar surface area (TPSA) is 26.0 Å². The zero-order valence-corrected chi connectivity index (χ0v) is 5.59. The number of rotatable bonds is 0. The standard InChI is InChI=1S/C7H13N2/c8-9-5-1-3-7(9)4-2-6-9/h1,5,7H,2-4,6,8H2/q+1/t7-,9-/m1/s1. The summed E-state index contributed by atoms with van der Waals surface area (Å²) in [6.45, 7) is 1.15. The summed E-state index contributed by atoms with van der Waals surface area (Å²) in [7, 11) is 0. The van der Waals surface area contributed by atoms with Crippen LogP contribution in [0.4, 0.5) is 0 Å². The van der Waals surface area contributed by atoms with Crippen LogP contribution in [0, 0.1) is 0 Å². The quantitative estimate of drug-likeness (QED) is 0.375. The fourth-order valence-electron chi connectivity index (χ4n) is 1.95. The fourth-order valence-corrected chi connectivity index (χ4v) is 1.95. The molecule has 2 heteroatoms. The summed E-state index contributed by atoms with van der Waals surface area (Å²) in [5, 5.41) is 0. The SMILES string of the molecule is N[N@@+]12C=CC[C@@H]1CCC2. The fraction of sp³-hybridized carbons (Fsp3) is 0.714. The van der Waals surface area contributed by atoms with Crippen LogP contribution in [0.15, 0.2) is 12.3 Å². The third-order valence-corrected chi connectivity index (χ3v) is 2.55. The van der Waals surface area contributed by atoms with E-state index in [0.717, 1.165) is 17.2 Å². The molecule has 2 N–H and O–H groups in total. The molecular weight excluding hydrogens is 112 g/mol. The maximum absolute atomic E-state index is 6.02. The Balaban J connectivity index is 2.26. The Bertz CT molecular complexity index is 153. The van der Waals surface area contributed by atoms with E-state index in [1.165, 1.54) is 19.3 Å². The third kappa shape index (κ3) is 0.635. The van der Waals surface area contributed by atoms with Crippen LogP contribution in [0.1, 0.15) is 19.3 Å². The lowest BCUT2D eigenvalue weighted by Gasteiger charge is -2.24. The molecule has 2 heterocycles. The third-order valence-electron chi connectivity index (χ3n) is 2.55. The summed E-state index contributed by atoms with van der Waals surface area (Å²) in [4.78, 5) is 0. The Kier molecular flexibility index (Phi) is 0.957. The molecule has 2 atom stereocenters. The average Bonchev–Trinajstić information content (AvgIpc) is 2.22. The van der Waals surface area contributed by atoms with Gasteiger partial charge in [0.1, 0.15) is 18.8 Å². The number of nitrogens with two attached hydrogens (primary N) is 1. The molecule has 0 unspecified atom stereocenters. The zero-order chi connectivity index (χ0) is 6.32. The molecule has 0 aromatic rings. The van der Waals surface area contributed by atoms with Crippen LogP contribution < -0.4 is 5.84 Å². The van der Waals surface area contributed by atoms with Crippen LogP contribution in [-0.2, 0) is 0 Å². The van der Waals surface area contributed by atoms with E-state index in [1.54, 1.807) is 0 Å². The minimum Gasteiger partial charge on any atom is -0.220 e. The number of nitrogens with zero attached hydrogens (tertiary/aromatic N) is 1. The molecule has 1 fully saturated rings. The Hall–Kier alpha value is -0.340. The van der Waals surface area contributed by atoms with Gasteiger partial charge in [0.25, 0.3) is 0 Å². The number of fused-ring (bicyclic) bond motifs is 1. The van der Waals surface area contributed by atoms with Gasteiger partial charge in [0.05, 0.1) is 0 Å². The number of quaternary nitrogens is 1. The Morgan fingerprint density at radius 2 is 2.44 bits per heavy atom. The highest BCUT2D eigenvalue weighted by molar-refractivity contribution is 4.89. The first-order chi connectivity index (χ1) is 4.31. The van der Waals surface area contributed by atoms with Gasteiger partial charge in [0.2, 0.25) is 0 Å². The lowest BCUT2D eigenvalue weighted by molar-refractivity contribution is -0.897. The molecule has 2 rings (SSSR count). The monoisotopic (exact) mass is 125 g/mol. The smallest absolute Gasteiger partial charge is 0.114 e. The normalized spacial score (nSPS) is 47.9. The van der Waals surface area contributed by atoms with Crippen molar-refractivity contribution >= 4 is 0 Å². The van der Waals surface area contributed by atoms with Crippen LogP contribution in [0.5, 0.6) is 0 Å². The molecule has 0 aromatic carbocycles. The van der Waals surface area contributed by atoms with Gasteiger partial charge in [-0.05, 0) is 6.08 Å². The van der Waals surface area contributed by atoms with Crippen LogP contribution in [0.3, 0.4) is 0 Å². The van der Waals surface area contributed by atoms with Gasteiger partial charge in [-0.3, -0.25) is 0 Å². The van der Waals surface area contributed by atoms with Gasteiger partial charge in [-0.25, -0.2) is 4.59 Å². The molecule has 0 amide bonds. The van der Waals surface area contributed by atoms with Gasteiger partial charge >= 0.3 is 0 Å². The highest BCUT2D eigenvalue weighted by atomic mass is 15.6. The van der Waals surface area contributed by atoms with Crippen molar-refractivity contribution in [3.05, 3.63) is 12.3 Å². The second-order valence-corrected chi connectivity index (χ2v) is 3.14. The molecule has 2 aliphatic rings. The summed E-state index contributed by atoms with van der Waals surface area (Å²) in [5.41, 5.74) is 0. The van der Waals surface area contributed by atoms with Crippen molar-refractivity contribution in [2.75, 3.05) is 6.54 Å². The number of hydrogen-bond acceptors (Lipinski definition) is 1. The largest absolute Gasteiger partial charge is 0.220 e. The molecule has 0 aromatic heterocycles. The molecule has 0 aliphatic carbocycles. The summed E-state index contributed by atoms with van der Waals surface area (Å²) in [5.74, 6) is 6.02. The van der Waals surface area contributed by atoms with Crippen molar-refractivity contribution in [1.82, 2.24) is 0 Å². The Morgan fingerprint density at radius 1 is 1.56 bits per heavy atom. The number of hydrogen-bond donors (Lipinski definition) is 1. The van der Waals surface area contributed by atoms with E-state index in [-0.39, 0.29) is 0 Å². The molecule has 2 nitrogen and oxygen atoms in total. The summed E-state index contributed by atoms with van der Waals surface area (Å²) in [6.07, 6.45) is 8.20. The molecule has 0 spiro atoms. The first-order valence-corrected chi connectivity index (χ1v) is 3.65. The van der Waals surface area contributed by atoms with E-state index >= 15 is 0 Å². The highest BCUT2D eigenvalue weighted by Gasteiger charge is 2.40. The van der Waals surface area contributed by atoms with E-state index < -0.39 is 0 Å². The van der Waals surface area contributed by atoms with Crippen molar-refractivity contribution in [3.63, 3.8) is 0 Å². The lowest BCUT2D eigenvalue weighted by Crippen LogP contribution is -2.50. The summed E-state index contributed by atoms with van der Waals surface area (Å²) < 4.78 is 0.736. The van der Waals surface area contributed by atoms with E-state index in [4.69, 9.17) is 5.84 Å². The average molecular weight is 125 g/mol. The van der Waals surface area contributed by atoms with Crippen molar-refractivity contribution in [3.8, 4) is 0 Å². The summed E-state index contributed by atoms with van der Waals surface area (Å²) >= 11 is 0. The van der Waals surface area contributed by atoms with E-state index in [9.17, 15) is 0 Å². The molecule has 0 saturated carbocycles. The predicted molar refractivity (Wildman–Crippen MR) is 36.1 cm³/mol. The van der Waals surface area contributed by atoms with Crippen molar-refractivity contribution < 1.29 is 4.59 Å². The van der Waals surface area contributed by atoms with Crippen LogP contribution in [0.2, 0.25) is 0 Å². The van der Waals surface area contributed by atoms with Crippen LogP contribution in [-0.4, -0.2) is 17.2 Å². The van der Waals surface area contributed by atoms with Gasteiger partial charge in [0, 0.05) is 19.3 Å². The van der Waals surface area contributed by atoms with Crippen molar-refractivity contribution in [2.45, 2.75) is 25.3 Å². The van der Waals surface area contributed by atoms with E-state index in [1.807, 2.05) is 0 Å². The van der Waals surface area contributed by atoms with E-state index in [2.05, 4.69) is 12.3 Å². The minimum atomic E-state index is 0.727. The minimum absolute atomic E-state index is 0.727. The summed E-state index contributed by atoms with van der Waals surface area (Å²) in [6, 6.07) is 0.727. The molecule has 1 saturated heterocycles. The Morgan fingerprint density at radius 3 is 3.22 bits per heavy atom. The van der Waals surface area contributed by atoms with Gasteiger partial charge < -0.3 is 0 Å². The second kappa shape index (κ2) is 1.58. The molecule has 0 bridgehead atoms. The molecule has 0 radical (unpaired) electrons. The highest BCUT2D eigenvalue weighted by Crippen LogP contribution is 2.30. The first kappa shape index (κ1) is 5.45. The Labute approximate surface area is 55.5 Å². The lowest BCUT2D eigenvalue weighted by atomic mass is 10.2. The van der Waals surface area contributed by atoms with Gasteiger partial charge in [-0.1, -0.05) is 0 Å². The van der Waals surface area contributed by atoms with Crippen LogP contribution >= 0.6 is 0 Å². The zero-order valence-electron chi connectivity index (χ0n) is 5.59. The molecule has 2 aliphatic heterocycles. The van der Waals surface area contributed by atoms with Gasteiger partial charge in [-0.2, -0.15) is 5.84 Å².